The number of aromatic nitrogens is 1. The van der Waals surface area contributed by atoms with Crippen LogP contribution in [0, 0.1) is 0 Å². The van der Waals surface area contributed by atoms with Gasteiger partial charge < -0.3 is 10.6 Å². The highest BCUT2D eigenvalue weighted by Gasteiger charge is 2.36. The molecule has 0 saturated heterocycles. The van der Waals surface area contributed by atoms with Crippen LogP contribution < -0.4 is 15.6 Å². The molecule has 4 rings (SSSR count). The molecule has 22 heavy (non-hydrogen) atoms. The number of fused-ring (bicyclic) bond motifs is 3. The van der Waals surface area contributed by atoms with Crippen LogP contribution in [0.15, 0.2) is 65.4 Å². The van der Waals surface area contributed by atoms with Crippen LogP contribution in [0.5, 0.6) is 0 Å². The van der Waals surface area contributed by atoms with Gasteiger partial charge >= 0.3 is 0 Å². The van der Waals surface area contributed by atoms with Crippen molar-refractivity contribution in [2.75, 3.05) is 10.0 Å². The molecule has 0 bridgehead atoms. The van der Waals surface area contributed by atoms with Gasteiger partial charge in [0.2, 0.25) is 5.88 Å². The molecule has 7 nitrogen and oxygen atoms in total. The molecule has 0 radical (unpaired) electrons. The lowest BCUT2D eigenvalue weighted by Gasteiger charge is -2.27. The quantitative estimate of drug-likeness (QED) is 0.837. The van der Waals surface area contributed by atoms with Crippen LogP contribution in [-0.2, 0) is 0 Å². The van der Waals surface area contributed by atoms with Gasteiger partial charge in [-0.2, -0.15) is 0 Å². The monoisotopic (exact) mass is 297 g/mol. The Labute approximate surface area is 127 Å². The Balaban J connectivity index is 0.00000144. The van der Waals surface area contributed by atoms with Gasteiger partial charge in [-0.1, -0.05) is 12.1 Å². The van der Waals surface area contributed by atoms with Crippen molar-refractivity contribution >= 4 is 22.8 Å². The second kappa shape index (κ2) is 5.14. The summed E-state index contributed by atoms with van der Waals surface area (Å²) in [5, 5.41) is 13.9. The fraction of sp³-hybridized carbons (Fsp3) is 0.0667. The first-order valence-electron chi connectivity index (χ1n) is 6.60. The van der Waals surface area contributed by atoms with Crippen molar-refractivity contribution in [2.24, 2.45) is 4.99 Å². The third kappa shape index (κ3) is 1.92. The highest BCUT2D eigenvalue weighted by Crippen LogP contribution is 2.39. The first-order valence-corrected chi connectivity index (χ1v) is 6.60. The molecule has 112 valence electrons. The van der Waals surface area contributed by atoms with Crippen molar-refractivity contribution in [3.63, 3.8) is 0 Å². The molecule has 2 aromatic rings. The summed E-state index contributed by atoms with van der Waals surface area (Å²) in [6, 6.07) is 11.5. The summed E-state index contributed by atoms with van der Waals surface area (Å²) in [7, 11) is 0. The van der Waals surface area contributed by atoms with Crippen LogP contribution in [0.3, 0.4) is 0 Å². The van der Waals surface area contributed by atoms with E-state index >= 15 is 0 Å². The van der Waals surface area contributed by atoms with Gasteiger partial charge in [-0.3, -0.25) is 4.98 Å². The molecule has 7 heteroatoms. The fourth-order valence-corrected chi connectivity index (χ4v) is 2.55. The number of hydrogen-bond donors (Lipinski definition) is 2. The average Bonchev–Trinajstić information content (AvgIpc) is 2.87. The zero-order chi connectivity index (χ0) is 14.4. The Kier molecular flexibility index (Phi) is 3.28. The van der Waals surface area contributed by atoms with Gasteiger partial charge in [0.25, 0.3) is 0 Å². The van der Waals surface area contributed by atoms with E-state index in [9.17, 15) is 5.11 Å². The number of aliphatic hydroxyl groups is 1. The molecule has 1 aromatic heterocycles. The average molecular weight is 297 g/mol. The number of hydrazine groups is 2. The second-order valence-electron chi connectivity index (χ2n) is 4.84. The second-order valence-corrected chi connectivity index (χ2v) is 4.84. The zero-order valence-electron chi connectivity index (χ0n) is 11.9. The van der Waals surface area contributed by atoms with Crippen molar-refractivity contribution < 1.29 is 10.6 Å². The van der Waals surface area contributed by atoms with E-state index in [1.165, 1.54) is 0 Å². The molecule has 0 fully saturated rings. The van der Waals surface area contributed by atoms with Crippen molar-refractivity contribution in [1.82, 2.24) is 10.5 Å². The molecular weight excluding hydrogens is 282 g/mol. The van der Waals surface area contributed by atoms with Crippen LogP contribution in [0.4, 0.5) is 17.1 Å². The standard InChI is InChI=1S/C15H13N5O.H2O/c1-10-14-15(21)19(11-5-4-8-16-9-11)18-20(14)13-7-3-2-6-12(13)17-10;/h2-9,18,21H,1H3;1H2. The Morgan fingerprint density at radius 3 is 2.68 bits per heavy atom. The maximum absolute atomic E-state index is 10.5. The van der Waals surface area contributed by atoms with E-state index in [-0.39, 0.29) is 11.4 Å². The van der Waals surface area contributed by atoms with Crippen LogP contribution in [0.25, 0.3) is 0 Å². The molecule has 3 heterocycles. The summed E-state index contributed by atoms with van der Waals surface area (Å²) >= 11 is 0. The first kappa shape index (κ1) is 14.1. The number of anilines is 2. The maximum Gasteiger partial charge on any atom is 0.236 e. The first-order chi connectivity index (χ1) is 10.3. The molecule has 0 atom stereocenters. The lowest BCUT2D eigenvalue weighted by molar-refractivity contribution is 0.388. The smallest absolute Gasteiger partial charge is 0.236 e. The lowest BCUT2D eigenvalue weighted by atomic mass is 10.1. The lowest BCUT2D eigenvalue weighted by Crippen LogP contribution is -2.43. The normalized spacial score (nSPS) is 16.0. The van der Waals surface area contributed by atoms with Crippen LogP contribution in [-0.4, -0.2) is 21.3 Å². The van der Waals surface area contributed by atoms with Gasteiger partial charge in [-0.05, 0) is 31.2 Å². The van der Waals surface area contributed by atoms with Crippen LogP contribution in [0.1, 0.15) is 6.92 Å². The number of nitrogens with zero attached hydrogens (tertiary/aromatic N) is 4. The third-order valence-electron chi connectivity index (χ3n) is 3.50. The van der Waals surface area contributed by atoms with E-state index in [1.807, 2.05) is 48.3 Å². The molecule has 0 unspecified atom stereocenters. The van der Waals surface area contributed by atoms with Crippen molar-refractivity contribution in [3.05, 3.63) is 60.4 Å². The fourth-order valence-electron chi connectivity index (χ4n) is 2.55. The molecule has 4 N–H and O–H groups in total. The minimum Gasteiger partial charge on any atom is -0.492 e. The van der Waals surface area contributed by atoms with Crippen LogP contribution >= 0.6 is 0 Å². The highest BCUT2D eigenvalue weighted by atomic mass is 16.3. The van der Waals surface area contributed by atoms with E-state index in [0.717, 1.165) is 22.8 Å². The van der Waals surface area contributed by atoms with Crippen molar-refractivity contribution in [2.45, 2.75) is 6.92 Å². The molecule has 1 aromatic carbocycles. The zero-order valence-corrected chi connectivity index (χ0v) is 11.9. The number of para-hydroxylation sites is 2. The predicted octanol–water partition coefficient (Wildman–Crippen LogP) is 1.84. The third-order valence-corrected chi connectivity index (χ3v) is 3.50. The number of pyridine rings is 1. The molecule has 2 aliphatic rings. The number of hydrogen-bond acceptors (Lipinski definition) is 6. The van der Waals surface area contributed by atoms with E-state index < -0.39 is 0 Å². The largest absolute Gasteiger partial charge is 0.492 e. The Morgan fingerprint density at radius 1 is 1.09 bits per heavy atom. The Bertz CT molecular complexity index is 773. The number of rotatable bonds is 1. The minimum absolute atomic E-state index is 0. The Morgan fingerprint density at radius 2 is 1.91 bits per heavy atom. The summed E-state index contributed by atoms with van der Waals surface area (Å²) in [5.74, 6) is 0.110. The summed E-state index contributed by atoms with van der Waals surface area (Å²) in [4.78, 5) is 8.62. The van der Waals surface area contributed by atoms with Crippen molar-refractivity contribution in [1.29, 1.82) is 0 Å². The minimum atomic E-state index is 0. The van der Waals surface area contributed by atoms with E-state index in [2.05, 4.69) is 15.5 Å². The van der Waals surface area contributed by atoms with Gasteiger partial charge in [-0.25, -0.2) is 15.0 Å². The molecule has 0 saturated carbocycles. The highest BCUT2D eigenvalue weighted by molar-refractivity contribution is 6.07. The summed E-state index contributed by atoms with van der Waals surface area (Å²) in [5.41, 5.74) is 7.09. The molecule has 0 aliphatic carbocycles. The molecule has 0 amide bonds. The SMILES string of the molecule is CC1=Nc2ccccc2N2NN(c3cccnc3)C(O)=C12.O. The number of aliphatic imine (C=N–C) groups is 1. The van der Waals surface area contributed by atoms with Gasteiger partial charge in [0, 0.05) is 6.20 Å². The number of nitrogens with one attached hydrogen (secondary N) is 1. The van der Waals surface area contributed by atoms with Crippen LogP contribution in [0.2, 0.25) is 0 Å². The topological polar surface area (TPSA) is 95.5 Å². The van der Waals surface area contributed by atoms with Gasteiger partial charge in [-0.15, -0.1) is 5.53 Å². The number of benzene rings is 1. The van der Waals surface area contributed by atoms with Gasteiger partial charge in [0.1, 0.15) is 5.70 Å². The molecule has 2 aliphatic heterocycles. The Hall–Kier alpha value is -2.90. The summed E-state index contributed by atoms with van der Waals surface area (Å²) in [6.07, 6.45) is 3.37. The van der Waals surface area contributed by atoms with Gasteiger partial charge in [0.05, 0.1) is 29.0 Å². The maximum atomic E-state index is 10.5. The van der Waals surface area contributed by atoms with E-state index in [4.69, 9.17) is 0 Å². The van der Waals surface area contributed by atoms with E-state index in [0.29, 0.717) is 5.70 Å². The number of aliphatic hydroxyl groups excluding tert-OH is 1. The number of allylic oxidation sites excluding steroid dienone is 1. The molecular formula is C15H15N5O2. The predicted molar refractivity (Wildman–Crippen MR) is 84.8 cm³/mol. The van der Waals surface area contributed by atoms with Crippen molar-refractivity contribution in [3.8, 4) is 0 Å². The van der Waals surface area contributed by atoms with E-state index in [1.54, 1.807) is 17.4 Å². The summed E-state index contributed by atoms with van der Waals surface area (Å²) < 4.78 is 0. The summed E-state index contributed by atoms with van der Waals surface area (Å²) in [6.45, 7) is 1.88. The van der Waals surface area contributed by atoms with Gasteiger partial charge in [0.15, 0.2) is 0 Å². The molecule has 0 spiro atoms.